The van der Waals surface area contributed by atoms with Crippen molar-refractivity contribution in [3.05, 3.63) is 400 Å². The zero-order valence-electron chi connectivity index (χ0n) is 56.8. The van der Waals surface area contributed by atoms with Crippen LogP contribution >= 0.6 is 0 Å². The Morgan fingerprint density at radius 2 is 0.462 bits per heavy atom. The first kappa shape index (κ1) is 60.1. The monoisotopic (exact) mass is 1330 g/mol. The maximum Gasteiger partial charge on any atom is 0.0541 e. The van der Waals surface area contributed by atoms with Crippen LogP contribution in [0.1, 0.15) is 0 Å². The van der Waals surface area contributed by atoms with E-state index in [-0.39, 0.29) is 0 Å². The minimum absolute atomic E-state index is 1.05. The molecule has 0 aliphatic rings. The molecule has 0 amide bonds. The molecule has 3 aromatic heterocycles. The average Bonchev–Trinajstić information content (AvgIpc) is 1.44. The van der Waals surface area contributed by atoms with Crippen molar-refractivity contribution in [1.82, 2.24) is 13.7 Å². The van der Waals surface area contributed by atoms with Crippen molar-refractivity contribution in [2.45, 2.75) is 0 Å². The van der Waals surface area contributed by atoms with Crippen LogP contribution < -0.4 is 14.7 Å². The maximum absolute atomic E-state index is 2.43. The molecule has 0 atom stereocenters. The summed E-state index contributed by atoms with van der Waals surface area (Å²) in [6, 6.07) is 146. The third-order valence-corrected chi connectivity index (χ3v) is 21.0. The Balaban J connectivity index is 0.638. The molecule has 488 valence electrons. The summed E-state index contributed by atoms with van der Waals surface area (Å²) in [6.07, 6.45) is 0. The second-order valence-corrected chi connectivity index (χ2v) is 26.8. The van der Waals surface area contributed by atoms with Gasteiger partial charge in [-0.2, -0.15) is 0 Å². The molecule has 104 heavy (non-hydrogen) atoms. The van der Waals surface area contributed by atoms with Crippen LogP contribution in [-0.4, -0.2) is 13.7 Å². The van der Waals surface area contributed by atoms with Crippen LogP contribution in [0.3, 0.4) is 0 Å². The van der Waals surface area contributed by atoms with Gasteiger partial charge in [0.1, 0.15) is 0 Å². The zero-order valence-corrected chi connectivity index (χ0v) is 56.8. The molecule has 0 unspecified atom stereocenters. The Labute approximate surface area is 602 Å². The summed E-state index contributed by atoms with van der Waals surface area (Å²) >= 11 is 0. The van der Waals surface area contributed by atoms with E-state index >= 15 is 0 Å². The summed E-state index contributed by atoms with van der Waals surface area (Å²) in [7, 11) is 0. The van der Waals surface area contributed by atoms with Gasteiger partial charge in [-0.15, -0.1) is 0 Å². The lowest BCUT2D eigenvalue weighted by Gasteiger charge is -2.28. The molecule has 17 aromatic carbocycles. The van der Waals surface area contributed by atoms with Crippen molar-refractivity contribution < 1.29 is 0 Å². The van der Waals surface area contributed by atoms with E-state index < -0.39 is 0 Å². The van der Waals surface area contributed by atoms with Crippen LogP contribution in [0.5, 0.6) is 0 Å². The quantitative estimate of drug-likeness (QED) is 0.108. The van der Waals surface area contributed by atoms with E-state index in [1.54, 1.807) is 0 Å². The first-order valence-corrected chi connectivity index (χ1v) is 35.6. The molecule has 0 aliphatic carbocycles. The smallest absolute Gasteiger partial charge is 0.0541 e. The lowest BCUT2D eigenvalue weighted by atomic mass is 9.95. The van der Waals surface area contributed by atoms with Gasteiger partial charge in [-0.05, 0) is 209 Å². The largest absolute Gasteiger partial charge is 0.310 e. The van der Waals surface area contributed by atoms with Gasteiger partial charge in [0.25, 0.3) is 0 Å². The molecule has 0 saturated heterocycles. The highest BCUT2D eigenvalue weighted by molar-refractivity contribution is 6.14. The average molecular weight is 1330 g/mol. The van der Waals surface area contributed by atoms with E-state index in [9.17, 15) is 0 Å². The standard InChI is InChI=1S/C98H66N6/c1-3-24-71(25-4-1)100(91-41-21-23-69-22-7-8-28-82(69)91)76-47-42-67(43-48-76)68-44-49-77(50-45-68)101(72-26-5-2-6-27-72)97-65-63-81(83-29-9-10-30-84(83)97)70-46-64-98-90(66-70)89-35-15-20-40-96(89)104(98)80-61-55-75(56-62-80)99(73-51-57-78(58-52-73)102-92-36-16-11-31-85(92)86-32-12-17-37-93(86)102)74-53-59-79(60-54-74)103-94-38-18-13-33-87(94)88-34-14-19-39-95(88)103/h1-66H. The van der Waals surface area contributed by atoms with Crippen molar-refractivity contribution in [2.75, 3.05) is 14.7 Å². The van der Waals surface area contributed by atoms with Gasteiger partial charge in [0.05, 0.1) is 44.5 Å². The van der Waals surface area contributed by atoms with Crippen molar-refractivity contribution in [2.24, 2.45) is 0 Å². The Bertz CT molecular complexity index is 6360. The Hall–Kier alpha value is -13.9. The third-order valence-electron chi connectivity index (χ3n) is 21.0. The van der Waals surface area contributed by atoms with E-state index in [2.05, 4.69) is 429 Å². The van der Waals surface area contributed by atoms with Crippen LogP contribution in [0, 0.1) is 0 Å². The van der Waals surface area contributed by atoms with Crippen molar-refractivity contribution in [3.63, 3.8) is 0 Å². The number of fused-ring (bicyclic) bond motifs is 11. The van der Waals surface area contributed by atoms with Gasteiger partial charge in [0.15, 0.2) is 0 Å². The van der Waals surface area contributed by atoms with Gasteiger partial charge in [0.2, 0.25) is 0 Å². The van der Waals surface area contributed by atoms with E-state index in [4.69, 9.17) is 0 Å². The van der Waals surface area contributed by atoms with Crippen LogP contribution in [0.4, 0.5) is 51.2 Å². The molecule has 6 nitrogen and oxygen atoms in total. The van der Waals surface area contributed by atoms with Gasteiger partial charge >= 0.3 is 0 Å². The predicted octanol–water partition coefficient (Wildman–Crippen LogP) is 27.0. The number of nitrogens with zero attached hydrogens (tertiary/aromatic N) is 6. The first-order valence-electron chi connectivity index (χ1n) is 35.6. The minimum atomic E-state index is 1.05. The molecular weight excluding hydrogens is 1260 g/mol. The lowest BCUT2D eigenvalue weighted by Crippen LogP contribution is -2.10. The van der Waals surface area contributed by atoms with Gasteiger partial charge in [-0.1, -0.05) is 224 Å². The van der Waals surface area contributed by atoms with Gasteiger partial charge in [-0.3, -0.25) is 0 Å². The Morgan fingerprint density at radius 1 is 0.163 bits per heavy atom. The summed E-state index contributed by atoms with van der Waals surface area (Å²) in [5.74, 6) is 0. The van der Waals surface area contributed by atoms with E-state index in [0.29, 0.717) is 0 Å². The molecular formula is C98H66N6. The number of rotatable bonds is 14. The van der Waals surface area contributed by atoms with E-state index in [1.165, 1.54) is 76.1 Å². The maximum atomic E-state index is 2.43. The zero-order chi connectivity index (χ0) is 68.6. The van der Waals surface area contributed by atoms with Gasteiger partial charge in [-0.25, -0.2) is 0 Å². The molecule has 20 rings (SSSR count). The van der Waals surface area contributed by atoms with Crippen LogP contribution in [0.15, 0.2) is 400 Å². The summed E-state index contributed by atoms with van der Waals surface area (Å²) < 4.78 is 7.20. The lowest BCUT2D eigenvalue weighted by molar-refractivity contribution is 1.16. The highest BCUT2D eigenvalue weighted by atomic mass is 15.2. The molecule has 0 spiro atoms. The SMILES string of the molecule is c1ccc(N(c2ccc(-c3ccc(N(c4ccccc4)c4ccc(-c5ccc6c(c5)c5ccccc5n6-c5ccc(N(c6ccc(-n7c8ccccc8c8ccccc87)cc6)c6ccc(-n7c8ccccc8c8ccccc87)cc6)cc5)c5ccccc45)cc3)cc2)c2cccc3ccccc23)cc1. The second kappa shape index (κ2) is 25.0. The number of benzene rings is 17. The molecule has 0 radical (unpaired) electrons. The number of aromatic nitrogens is 3. The molecule has 0 saturated carbocycles. The normalized spacial score (nSPS) is 11.7. The van der Waals surface area contributed by atoms with Crippen LogP contribution in [0.2, 0.25) is 0 Å². The highest BCUT2D eigenvalue weighted by Gasteiger charge is 2.23. The summed E-state index contributed by atoms with van der Waals surface area (Å²) in [6.45, 7) is 0. The summed E-state index contributed by atoms with van der Waals surface area (Å²) in [4.78, 5) is 7.14. The van der Waals surface area contributed by atoms with Crippen molar-refractivity contribution in [1.29, 1.82) is 0 Å². The summed E-state index contributed by atoms with van der Waals surface area (Å²) in [5, 5.41) is 12.1. The fourth-order valence-electron chi connectivity index (χ4n) is 16.3. The Morgan fingerprint density at radius 3 is 0.894 bits per heavy atom. The second-order valence-electron chi connectivity index (χ2n) is 26.8. The molecule has 0 bridgehead atoms. The molecule has 6 heteroatoms. The number of hydrogen-bond donors (Lipinski definition) is 0. The van der Waals surface area contributed by atoms with Gasteiger partial charge < -0.3 is 28.4 Å². The molecule has 3 heterocycles. The third kappa shape index (κ3) is 10.1. The first-order chi connectivity index (χ1) is 51.6. The molecule has 0 fully saturated rings. The fraction of sp³-hybridized carbons (Fsp3) is 0. The van der Waals surface area contributed by atoms with Crippen molar-refractivity contribution >= 4 is 138 Å². The van der Waals surface area contributed by atoms with Crippen molar-refractivity contribution in [3.8, 4) is 39.3 Å². The van der Waals surface area contributed by atoms with Crippen LogP contribution in [0.25, 0.3) is 126 Å². The summed E-state index contributed by atoms with van der Waals surface area (Å²) in [5.41, 5.74) is 24.8. The Kier molecular flexibility index (Phi) is 14.5. The highest BCUT2D eigenvalue weighted by Crippen LogP contribution is 2.47. The number of anilines is 9. The topological polar surface area (TPSA) is 24.5 Å². The number of para-hydroxylation sites is 7. The molecule has 0 N–H and O–H groups in total. The van der Waals surface area contributed by atoms with Gasteiger partial charge in [0, 0.05) is 100.0 Å². The van der Waals surface area contributed by atoms with E-state index in [1.807, 2.05) is 0 Å². The predicted molar refractivity (Wildman–Crippen MR) is 439 cm³/mol. The molecule has 0 aliphatic heterocycles. The fourth-order valence-corrected chi connectivity index (χ4v) is 16.3. The van der Waals surface area contributed by atoms with Crippen LogP contribution in [-0.2, 0) is 0 Å². The minimum Gasteiger partial charge on any atom is -0.310 e. The van der Waals surface area contributed by atoms with E-state index in [0.717, 1.165) is 101 Å². The molecule has 20 aromatic rings. The number of hydrogen-bond acceptors (Lipinski definition) is 3.